The fourth-order valence-electron chi connectivity index (χ4n) is 3.04. The van der Waals surface area contributed by atoms with Crippen LogP contribution in [0.1, 0.15) is 46.5 Å². The van der Waals surface area contributed by atoms with Crippen molar-refractivity contribution in [3.05, 3.63) is 0 Å². The van der Waals surface area contributed by atoms with Gasteiger partial charge in [-0.2, -0.15) is 0 Å². The third-order valence-electron chi connectivity index (χ3n) is 4.27. The second kappa shape index (κ2) is 7.39. The molecule has 0 spiro atoms. The van der Waals surface area contributed by atoms with E-state index in [-0.39, 0.29) is 11.3 Å². The molecule has 3 heteroatoms. The molecule has 0 N–H and O–H groups in total. The normalized spacial score (nSPS) is 23.3. The number of carbonyl (C=O) groups excluding carboxylic acids is 1. The lowest BCUT2D eigenvalue weighted by Gasteiger charge is -2.36. The van der Waals surface area contributed by atoms with Crippen LogP contribution >= 0.6 is 0 Å². The Hall–Kier alpha value is -0.410. The lowest BCUT2D eigenvalue weighted by atomic mass is 9.71. The van der Waals surface area contributed by atoms with Crippen molar-refractivity contribution >= 4 is 5.78 Å². The van der Waals surface area contributed by atoms with Gasteiger partial charge in [-0.1, -0.05) is 27.2 Å². The SMILES string of the molecule is CCCN(CCN(C)C)CC1CCCC(C)(C)C1=O. The molecule has 1 unspecified atom stereocenters. The zero-order valence-corrected chi connectivity index (χ0v) is 13.5. The van der Waals surface area contributed by atoms with E-state index < -0.39 is 0 Å². The highest BCUT2D eigenvalue weighted by molar-refractivity contribution is 5.87. The Balaban J connectivity index is 2.55. The van der Waals surface area contributed by atoms with Crippen molar-refractivity contribution < 1.29 is 4.79 Å². The van der Waals surface area contributed by atoms with E-state index in [2.05, 4.69) is 44.7 Å². The van der Waals surface area contributed by atoms with Gasteiger partial charge in [0.25, 0.3) is 0 Å². The maximum absolute atomic E-state index is 12.5. The summed E-state index contributed by atoms with van der Waals surface area (Å²) in [6.45, 7) is 10.7. The van der Waals surface area contributed by atoms with Crippen LogP contribution in [0, 0.1) is 11.3 Å². The van der Waals surface area contributed by atoms with Crippen LogP contribution in [0.2, 0.25) is 0 Å². The molecule has 0 aromatic heterocycles. The highest BCUT2D eigenvalue weighted by Gasteiger charge is 2.37. The van der Waals surface area contributed by atoms with Gasteiger partial charge in [0, 0.05) is 31.0 Å². The van der Waals surface area contributed by atoms with Crippen molar-refractivity contribution in [1.82, 2.24) is 9.80 Å². The molecule has 112 valence electrons. The van der Waals surface area contributed by atoms with Crippen molar-refractivity contribution in [2.24, 2.45) is 11.3 Å². The molecule has 0 saturated heterocycles. The molecule has 0 aromatic rings. The van der Waals surface area contributed by atoms with Gasteiger partial charge in [0.05, 0.1) is 0 Å². The largest absolute Gasteiger partial charge is 0.308 e. The number of rotatable bonds is 7. The monoisotopic (exact) mass is 268 g/mol. The molecule has 1 rings (SSSR count). The zero-order chi connectivity index (χ0) is 14.5. The van der Waals surface area contributed by atoms with Gasteiger partial charge in [-0.05, 0) is 39.9 Å². The van der Waals surface area contributed by atoms with Gasteiger partial charge in [-0.3, -0.25) is 4.79 Å². The van der Waals surface area contributed by atoms with Gasteiger partial charge in [0.1, 0.15) is 5.78 Å². The van der Waals surface area contributed by atoms with Gasteiger partial charge in [0.15, 0.2) is 0 Å². The summed E-state index contributed by atoms with van der Waals surface area (Å²) in [4.78, 5) is 17.2. The number of carbonyl (C=O) groups is 1. The Labute approximate surface area is 119 Å². The van der Waals surface area contributed by atoms with E-state index in [1.807, 2.05) is 0 Å². The average molecular weight is 268 g/mol. The van der Waals surface area contributed by atoms with Crippen molar-refractivity contribution in [3.8, 4) is 0 Å². The molecule has 0 amide bonds. The smallest absolute Gasteiger partial charge is 0.142 e. The molecular formula is C16H32N2O. The summed E-state index contributed by atoms with van der Waals surface area (Å²) < 4.78 is 0. The minimum absolute atomic E-state index is 0.0949. The topological polar surface area (TPSA) is 23.6 Å². The molecule has 1 aliphatic carbocycles. The third-order valence-corrected chi connectivity index (χ3v) is 4.27. The molecule has 1 fully saturated rings. The summed E-state index contributed by atoms with van der Waals surface area (Å²) in [6.07, 6.45) is 4.52. The summed E-state index contributed by atoms with van der Waals surface area (Å²) in [5.74, 6) is 0.752. The van der Waals surface area contributed by atoms with Crippen molar-refractivity contribution in [2.75, 3.05) is 40.3 Å². The second-order valence-electron chi connectivity index (χ2n) is 6.94. The van der Waals surface area contributed by atoms with Crippen LogP contribution in [-0.4, -0.2) is 55.9 Å². The maximum Gasteiger partial charge on any atom is 0.142 e. The predicted octanol–water partition coefficient (Wildman–Crippen LogP) is 2.66. The number of ketones is 1. The number of hydrogen-bond acceptors (Lipinski definition) is 3. The van der Waals surface area contributed by atoms with Gasteiger partial charge in [-0.25, -0.2) is 0 Å². The average Bonchev–Trinajstić information content (AvgIpc) is 2.32. The Bertz CT molecular complexity index is 286. The summed E-state index contributed by atoms with van der Waals surface area (Å²) in [7, 11) is 4.22. The van der Waals surface area contributed by atoms with Crippen molar-refractivity contribution in [3.63, 3.8) is 0 Å². The van der Waals surface area contributed by atoms with Gasteiger partial charge >= 0.3 is 0 Å². The highest BCUT2D eigenvalue weighted by Crippen LogP contribution is 2.35. The molecule has 0 radical (unpaired) electrons. The van der Waals surface area contributed by atoms with E-state index in [0.717, 1.165) is 45.4 Å². The fourth-order valence-corrected chi connectivity index (χ4v) is 3.04. The van der Waals surface area contributed by atoms with Gasteiger partial charge < -0.3 is 9.80 Å². The minimum Gasteiger partial charge on any atom is -0.308 e. The first-order valence-corrected chi connectivity index (χ1v) is 7.78. The van der Waals surface area contributed by atoms with E-state index in [1.54, 1.807) is 0 Å². The maximum atomic E-state index is 12.5. The molecule has 19 heavy (non-hydrogen) atoms. The second-order valence-corrected chi connectivity index (χ2v) is 6.94. The molecular weight excluding hydrogens is 236 g/mol. The first-order chi connectivity index (χ1) is 8.86. The first kappa shape index (κ1) is 16.6. The molecule has 1 aliphatic rings. The molecule has 3 nitrogen and oxygen atoms in total. The zero-order valence-electron chi connectivity index (χ0n) is 13.5. The number of likely N-dealkylation sites (N-methyl/N-ethyl adjacent to an activating group) is 1. The Morgan fingerprint density at radius 3 is 2.47 bits per heavy atom. The van der Waals surface area contributed by atoms with E-state index in [1.165, 1.54) is 6.42 Å². The summed E-state index contributed by atoms with van der Waals surface area (Å²) in [5.41, 5.74) is -0.0949. The lowest BCUT2D eigenvalue weighted by Crippen LogP contribution is -2.43. The summed E-state index contributed by atoms with van der Waals surface area (Å²) >= 11 is 0. The number of hydrogen-bond donors (Lipinski definition) is 0. The van der Waals surface area contributed by atoms with E-state index in [4.69, 9.17) is 0 Å². The molecule has 1 atom stereocenters. The van der Waals surface area contributed by atoms with Gasteiger partial charge in [-0.15, -0.1) is 0 Å². The predicted molar refractivity (Wildman–Crippen MR) is 81.4 cm³/mol. The number of nitrogens with zero attached hydrogens (tertiary/aromatic N) is 2. The van der Waals surface area contributed by atoms with Crippen LogP contribution in [0.15, 0.2) is 0 Å². The minimum atomic E-state index is -0.0949. The van der Waals surface area contributed by atoms with Crippen LogP contribution in [0.25, 0.3) is 0 Å². The third kappa shape index (κ3) is 5.23. The van der Waals surface area contributed by atoms with E-state index in [9.17, 15) is 4.79 Å². The Kier molecular flexibility index (Phi) is 6.48. The first-order valence-electron chi connectivity index (χ1n) is 7.78. The van der Waals surface area contributed by atoms with Crippen LogP contribution < -0.4 is 0 Å². The molecule has 1 saturated carbocycles. The van der Waals surface area contributed by atoms with E-state index >= 15 is 0 Å². The summed E-state index contributed by atoms with van der Waals surface area (Å²) in [5, 5.41) is 0. The van der Waals surface area contributed by atoms with Crippen LogP contribution in [0.3, 0.4) is 0 Å². The van der Waals surface area contributed by atoms with E-state index in [0.29, 0.717) is 5.78 Å². The highest BCUT2D eigenvalue weighted by atomic mass is 16.1. The molecule has 0 heterocycles. The molecule has 0 aromatic carbocycles. The van der Waals surface area contributed by atoms with Crippen LogP contribution in [-0.2, 0) is 4.79 Å². The molecule has 0 bridgehead atoms. The van der Waals surface area contributed by atoms with Gasteiger partial charge in [0.2, 0.25) is 0 Å². The Morgan fingerprint density at radius 2 is 1.89 bits per heavy atom. The van der Waals surface area contributed by atoms with Crippen molar-refractivity contribution in [2.45, 2.75) is 46.5 Å². The standard InChI is InChI=1S/C16H32N2O/c1-6-10-18(12-11-17(4)5)13-14-8-7-9-16(2,3)15(14)19/h14H,6-13H2,1-5H3. The molecule has 0 aliphatic heterocycles. The van der Waals surface area contributed by atoms with Crippen LogP contribution in [0.4, 0.5) is 0 Å². The Morgan fingerprint density at radius 1 is 1.21 bits per heavy atom. The van der Waals surface area contributed by atoms with Crippen LogP contribution in [0.5, 0.6) is 0 Å². The summed E-state index contributed by atoms with van der Waals surface area (Å²) in [6, 6.07) is 0. The van der Waals surface area contributed by atoms with Crippen molar-refractivity contribution in [1.29, 1.82) is 0 Å². The number of Topliss-reactive ketones (excluding diaryl/α,β-unsaturated/α-hetero) is 1. The quantitative estimate of drug-likeness (QED) is 0.709. The fraction of sp³-hybridized carbons (Fsp3) is 0.938. The lowest BCUT2D eigenvalue weighted by molar-refractivity contribution is -0.135.